The minimum absolute atomic E-state index is 0.111. The maximum atomic E-state index is 10.8. The molecule has 1 aliphatic heterocycles. The van der Waals surface area contributed by atoms with Crippen LogP contribution in [0.3, 0.4) is 0 Å². The summed E-state index contributed by atoms with van der Waals surface area (Å²) in [4.78, 5) is 2.27. The summed E-state index contributed by atoms with van der Waals surface area (Å²) in [5.74, 6) is 0. The number of benzene rings is 1. The Kier molecular flexibility index (Phi) is 4.57. The first-order chi connectivity index (χ1) is 10.6. The van der Waals surface area contributed by atoms with Crippen molar-refractivity contribution in [3.63, 3.8) is 0 Å². The normalized spacial score (nSPS) is 22.4. The van der Waals surface area contributed by atoms with Gasteiger partial charge in [-0.1, -0.05) is 30.3 Å². The molecule has 118 valence electrons. The number of hydrogen-bond donors (Lipinski definition) is 1. The van der Waals surface area contributed by atoms with Gasteiger partial charge in [-0.15, -0.1) is 0 Å². The Bertz CT molecular complexity index is 569. The van der Waals surface area contributed by atoms with Crippen molar-refractivity contribution in [1.29, 1.82) is 0 Å². The van der Waals surface area contributed by atoms with Crippen LogP contribution < -0.4 is 0 Å². The number of rotatable bonds is 5. The van der Waals surface area contributed by atoms with E-state index in [9.17, 15) is 5.11 Å². The van der Waals surface area contributed by atoms with Gasteiger partial charge >= 0.3 is 0 Å². The maximum absolute atomic E-state index is 10.8. The average molecular weight is 301 g/mol. The lowest BCUT2D eigenvalue weighted by Crippen LogP contribution is -2.49. The van der Waals surface area contributed by atoms with E-state index >= 15 is 0 Å². The summed E-state index contributed by atoms with van der Waals surface area (Å²) >= 11 is 0. The fourth-order valence-corrected chi connectivity index (χ4v) is 2.98. The summed E-state index contributed by atoms with van der Waals surface area (Å²) in [6.45, 7) is 5.57. The molecule has 5 heteroatoms. The minimum Gasteiger partial charge on any atom is -0.384 e. The molecule has 1 aromatic heterocycles. The van der Waals surface area contributed by atoms with Crippen molar-refractivity contribution in [1.82, 2.24) is 14.7 Å². The van der Waals surface area contributed by atoms with E-state index in [1.165, 1.54) is 0 Å². The topological polar surface area (TPSA) is 50.5 Å². The molecule has 0 unspecified atom stereocenters. The highest BCUT2D eigenvalue weighted by Gasteiger charge is 2.29. The fraction of sp³-hybridized carbons (Fsp3) is 0.471. The second-order valence-corrected chi connectivity index (χ2v) is 6.10. The molecule has 3 rings (SSSR count). The molecule has 0 aliphatic carbocycles. The molecule has 0 radical (unpaired) electrons. The van der Waals surface area contributed by atoms with Crippen LogP contribution in [-0.4, -0.2) is 52.1 Å². The first kappa shape index (κ1) is 15.2. The highest BCUT2D eigenvalue weighted by molar-refractivity contribution is 5.21. The van der Waals surface area contributed by atoms with Crippen LogP contribution in [0.4, 0.5) is 0 Å². The first-order valence-electron chi connectivity index (χ1n) is 7.73. The van der Waals surface area contributed by atoms with Gasteiger partial charge in [0.05, 0.1) is 24.9 Å². The lowest BCUT2D eigenvalue weighted by atomic mass is 9.95. The molecule has 0 spiro atoms. The first-order valence-corrected chi connectivity index (χ1v) is 7.73. The molecule has 2 heterocycles. The Morgan fingerprint density at radius 3 is 2.86 bits per heavy atom. The summed E-state index contributed by atoms with van der Waals surface area (Å²) in [6, 6.07) is 11.8. The number of aromatic nitrogens is 2. The van der Waals surface area contributed by atoms with Crippen LogP contribution in [0.5, 0.6) is 0 Å². The lowest BCUT2D eigenvalue weighted by Gasteiger charge is -2.37. The smallest absolute Gasteiger partial charge is 0.0994 e. The van der Waals surface area contributed by atoms with Gasteiger partial charge < -0.3 is 9.84 Å². The van der Waals surface area contributed by atoms with Gasteiger partial charge in [0.15, 0.2) is 0 Å². The SMILES string of the molecule is C[C@](O)(CN1CCO[C@@H](Cn2cccn2)C1)c1ccccc1. The van der Waals surface area contributed by atoms with E-state index in [2.05, 4.69) is 10.00 Å². The molecule has 0 amide bonds. The number of aliphatic hydroxyl groups is 1. The third-order valence-corrected chi connectivity index (χ3v) is 4.10. The quantitative estimate of drug-likeness (QED) is 0.909. The standard InChI is InChI=1S/C17H23N3O2/c1-17(21,15-6-3-2-4-7-15)14-19-10-11-22-16(12-19)13-20-9-5-8-18-20/h2-9,16,21H,10-14H2,1H3/t16-,17+/m1/s1. The zero-order valence-corrected chi connectivity index (χ0v) is 12.9. The second kappa shape index (κ2) is 6.60. The van der Waals surface area contributed by atoms with Gasteiger partial charge in [-0.3, -0.25) is 9.58 Å². The zero-order valence-electron chi connectivity index (χ0n) is 12.9. The van der Waals surface area contributed by atoms with Crippen LogP contribution in [0.25, 0.3) is 0 Å². The van der Waals surface area contributed by atoms with E-state index in [1.807, 2.05) is 54.2 Å². The van der Waals surface area contributed by atoms with E-state index in [1.54, 1.807) is 6.20 Å². The number of nitrogens with zero attached hydrogens (tertiary/aromatic N) is 3. The molecule has 2 aromatic rings. The van der Waals surface area contributed by atoms with Crippen LogP contribution >= 0.6 is 0 Å². The fourth-order valence-electron chi connectivity index (χ4n) is 2.98. The summed E-state index contributed by atoms with van der Waals surface area (Å²) < 4.78 is 7.71. The highest BCUT2D eigenvalue weighted by atomic mass is 16.5. The van der Waals surface area contributed by atoms with Gasteiger partial charge in [-0.2, -0.15) is 5.10 Å². The van der Waals surface area contributed by atoms with Crippen molar-refractivity contribution in [3.8, 4) is 0 Å². The van der Waals surface area contributed by atoms with Crippen LogP contribution in [0.2, 0.25) is 0 Å². The third-order valence-electron chi connectivity index (χ3n) is 4.10. The number of ether oxygens (including phenoxy) is 1. The van der Waals surface area contributed by atoms with E-state index < -0.39 is 5.60 Å². The largest absolute Gasteiger partial charge is 0.384 e. The predicted octanol–water partition coefficient (Wildman–Crippen LogP) is 1.49. The Hall–Kier alpha value is -1.69. The molecule has 22 heavy (non-hydrogen) atoms. The molecule has 1 aliphatic rings. The van der Waals surface area contributed by atoms with Crippen molar-refractivity contribution >= 4 is 0 Å². The number of morpholine rings is 1. The van der Waals surface area contributed by atoms with Gasteiger partial charge in [-0.05, 0) is 18.6 Å². The molecule has 2 atom stereocenters. The molecule has 1 saturated heterocycles. The number of hydrogen-bond acceptors (Lipinski definition) is 4. The number of β-amino-alcohol motifs (C(OH)–C–C–N with tert-alkyl or cyclic N) is 1. The van der Waals surface area contributed by atoms with E-state index in [4.69, 9.17) is 4.74 Å². The summed E-state index contributed by atoms with van der Waals surface area (Å²) in [5.41, 5.74) is 0.0969. The second-order valence-electron chi connectivity index (χ2n) is 6.10. The zero-order chi connectivity index (χ0) is 15.4. The summed E-state index contributed by atoms with van der Waals surface area (Å²) in [5, 5.41) is 15.0. The van der Waals surface area contributed by atoms with Crippen LogP contribution in [0, 0.1) is 0 Å². The van der Waals surface area contributed by atoms with Gasteiger partial charge in [0, 0.05) is 32.0 Å². The third kappa shape index (κ3) is 3.74. The van der Waals surface area contributed by atoms with Crippen molar-refractivity contribution < 1.29 is 9.84 Å². The Balaban J connectivity index is 1.60. The van der Waals surface area contributed by atoms with Crippen LogP contribution in [0.15, 0.2) is 48.8 Å². The summed E-state index contributed by atoms with van der Waals surface area (Å²) in [7, 11) is 0. The van der Waals surface area contributed by atoms with E-state index in [0.29, 0.717) is 13.2 Å². The molecule has 5 nitrogen and oxygen atoms in total. The Morgan fingerprint density at radius 2 is 2.14 bits per heavy atom. The minimum atomic E-state index is -0.852. The van der Waals surface area contributed by atoms with Crippen molar-refractivity contribution in [2.75, 3.05) is 26.2 Å². The molecule has 1 fully saturated rings. The summed E-state index contributed by atoms with van der Waals surface area (Å²) in [6.07, 6.45) is 3.84. The molecule has 1 N–H and O–H groups in total. The molecular formula is C17H23N3O2. The Labute approximate surface area is 131 Å². The highest BCUT2D eigenvalue weighted by Crippen LogP contribution is 2.22. The van der Waals surface area contributed by atoms with Gasteiger partial charge in [0.1, 0.15) is 0 Å². The van der Waals surface area contributed by atoms with Gasteiger partial charge in [-0.25, -0.2) is 0 Å². The molecule has 0 bridgehead atoms. The van der Waals surface area contributed by atoms with E-state index in [0.717, 1.165) is 25.2 Å². The Morgan fingerprint density at radius 1 is 1.32 bits per heavy atom. The molecular weight excluding hydrogens is 278 g/mol. The average Bonchev–Trinajstić information content (AvgIpc) is 3.01. The van der Waals surface area contributed by atoms with E-state index in [-0.39, 0.29) is 6.10 Å². The predicted molar refractivity (Wildman–Crippen MR) is 84.4 cm³/mol. The van der Waals surface area contributed by atoms with Gasteiger partial charge in [0.2, 0.25) is 0 Å². The van der Waals surface area contributed by atoms with Crippen molar-refractivity contribution in [2.45, 2.75) is 25.2 Å². The maximum Gasteiger partial charge on any atom is 0.0994 e. The van der Waals surface area contributed by atoms with Crippen molar-refractivity contribution in [3.05, 3.63) is 54.4 Å². The molecule has 0 saturated carbocycles. The van der Waals surface area contributed by atoms with Crippen LogP contribution in [0.1, 0.15) is 12.5 Å². The van der Waals surface area contributed by atoms with Gasteiger partial charge in [0.25, 0.3) is 0 Å². The molecule has 1 aromatic carbocycles. The van der Waals surface area contributed by atoms with Crippen LogP contribution in [-0.2, 0) is 16.9 Å². The lowest BCUT2D eigenvalue weighted by molar-refractivity contribution is -0.0670. The monoisotopic (exact) mass is 301 g/mol. The van der Waals surface area contributed by atoms with Crippen molar-refractivity contribution in [2.24, 2.45) is 0 Å².